The quantitative estimate of drug-likeness (QED) is 0.804. The van der Waals surface area contributed by atoms with Gasteiger partial charge in [0.15, 0.2) is 5.78 Å². The zero-order chi connectivity index (χ0) is 13.3. The molecule has 0 fully saturated rings. The van der Waals surface area contributed by atoms with Crippen LogP contribution in [0.25, 0.3) is 0 Å². The van der Waals surface area contributed by atoms with Gasteiger partial charge in [-0.2, -0.15) is 4.31 Å². The molecule has 4 nitrogen and oxygen atoms in total. The van der Waals surface area contributed by atoms with E-state index in [1.807, 2.05) is 0 Å². The van der Waals surface area contributed by atoms with Gasteiger partial charge in [0.2, 0.25) is 10.0 Å². The van der Waals surface area contributed by atoms with Crippen LogP contribution in [0.15, 0.2) is 23.1 Å². The van der Waals surface area contributed by atoms with Crippen LogP contribution in [-0.4, -0.2) is 37.5 Å². The summed E-state index contributed by atoms with van der Waals surface area (Å²) < 4.78 is 25.7. The minimum absolute atomic E-state index is 0.0131. The summed E-state index contributed by atoms with van der Waals surface area (Å²) in [5.74, 6) is 0.133. The van der Waals surface area contributed by atoms with Gasteiger partial charge in [0.05, 0.1) is 11.4 Å². The monoisotopic (exact) mass is 307 g/mol. The Hall–Kier alpha value is -0.620. The summed E-state index contributed by atoms with van der Waals surface area (Å²) in [6.07, 6.45) is 0.504. The number of sulfonamides is 1. The summed E-state index contributed by atoms with van der Waals surface area (Å²) in [7, 11) is -3.64. The van der Waals surface area contributed by atoms with Crippen LogP contribution >= 0.6 is 23.2 Å². The van der Waals surface area contributed by atoms with Crippen molar-refractivity contribution in [2.75, 3.05) is 19.0 Å². The van der Waals surface area contributed by atoms with Crippen molar-refractivity contribution in [3.8, 4) is 0 Å². The number of Topliss-reactive ketones (excluding diaryl/α,β-unsaturated/α-hetero) is 1. The van der Waals surface area contributed by atoms with Gasteiger partial charge in [-0.05, 0) is 24.6 Å². The number of benzene rings is 1. The minimum Gasteiger partial charge on any atom is -0.293 e. The van der Waals surface area contributed by atoms with Crippen molar-refractivity contribution in [2.24, 2.45) is 0 Å². The molecule has 0 radical (unpaired) electrons. The van der Waals surface area contributed by atoms with Gasteiger partial charge in [0.1, 0.15) is 0 Å². The Labute approximate surface area is 116 Å². The summed E-state index contributed by atoms with van der Waals surface area (Å²) in [5, 5.41) is 0.296. The maximum Gasteiger partial charge on any atom is 0.244 e. The van der Waals surface area contributed by atoms with Crippen molar-refractivity contribution in [3.63, 3.8) is 0 Å². The molecular weight excluding hydrogens is 297 g/mol. The van der Waals surface area contributed by atoms with E-state index in [1.165, 1.54) is 18.2 Å². The summed E-state index contributed by atoms with van der Waals surface area (Å²) >= 11 is 11.3. The van der Waals surface area contributed by atoms with Crippen LogP contribution < -0.4 is 0 Å². The highest BCUT2D eigenvalue weighted by Crippen LogP contribution is 2.28. The first kappa shape index (κ1) is 13.8. The lowest BCUT2D eigenvalue weighted by Gasteiger charge is -2.27. The third kappa shape index (κ3) is 2.40. The summed E-state index contributed by atoms with van der Waals surface area (Å²) in [4.78, 5) is 11.9. The average Bonchev–Trinajstić information content (AvgIpc) is 2.32. The largest absolute Gasteiger partial charge is 0.293 e. The van der Waals surface area contributed by atoms with E-state index in [0.717, 1.165) is 4.31 Å². The van der Waals surface area contributed by atoms with Crippen molar-refractivity contribution < 1.29 is 13.2 Å². The Morgan fingerprint density at radius 3 is 2.72 bits per heavy atom. The van der Waals surface area contributed by atoms with Gasteiger partial charge in [0.25, 0.3) is 0 Å². The average molecular weight is 308 g/mol. The van der Waals surface area contributed by atoms with Gasteiger partial charge < -0.3 is 0 Å². The van der Waals surface area contributed by atoms with Crippen molar-refractivity contribution in [1.82, 2.24) is 4.31 Å². The Bertz CT molecular complexity index is 586. The molecule has 1 heterocycles. The van der Waals surface area contributed by atoms with E-state index < -0.39 is 10.0 Å². The van der Waals surface area contributed by atoms with Crippen LogP contribution in [0.5, 0.6) is 0 Å². The van der Waals surface area contributed by atoms with Gasteiger partial charge in [-0.15, -0.1) is 11.6 Å². The second-order valence-electron chi connectivity index (χ2n) is 3.94. The number of carbonyl (C=O) groups excluding carboxylic acids is 1. The highest BCUT2D eigenvalue weighted by atomic mass is 35.5. The molecule has 0 saturated carbocycles. The number of hydrogen-bond donors (Lipinski definition) is 0. The lowest BCUT2D eigenvalue weighted by Crippen LogP contribution is -2.41. The van der Waals surface area contributed by atoms with Crippen LogP contribution in [0, 0.1) is 0 Å². The van der Waals surface area contributed by atoms with Crippen molar-refractivity contribution in [1.29, 1.82) is 0 Å². The summed E-state index contributed by atoms with van der Waals surface area (Å²) in [6.45, 7) is 0.109. The molecule has 0 amide bonds. The van der Waals surface area contributed by atoms with Crippen molar-refractivity contribution in [3.05, 3.63) is 28.8 Å². The van der Waals surface area contributed by atoms with Gasteiger partial charge in [-0.3, -0.25) is 4.79 Å². The van der Waals surface area contributed by atoms with Gasteiger partial charge in [-0.25, -0.2) is 8.42 Å². The molecule has 0 unspecified atom stereocenters. The second-order valence-corrected chi connectivity index (χ2v) is 6.67. The standard InChI is InChI=1S/C11H11Cl2NO3S/c12-4-1-5-14-7-10(15)9-3-2-8(13)6-11(9)18(14,16)17/h2-3,6H,1,4-5,7H2. The number of ketones is 1. The zero-order valence-electron chi connectivity index (χ0n) is 9.40. The number of nitrogens with zero attached hydrogens (tertiary/aromatic N) is 1. The number of alkyl halides is 1. The van der Waals surface area contributed by atoms with Crippen molar-refractivity contribution in [2.45, 2.75) is 11.3 Å². The SMILES string of the molecule is O=C1CN(CCCCl)S(=O)(=O)c2cc(Cl)ccc21. The van der Waals surface area contributed by atoms with E-state index in [9.17, 15) is 13.2 Å². The van der Waals surface area contributed by atoms with E-state index in [1.54, 1.807) is 0 Å². The predicted octanol–water partition coefficient (Wildman–Crippen LogP) is 2.16. The molecule has 1 aromatic carbocycles. The van der Waals surface area contributed by atoms with Gasteiger partial charge in [-0.1, -0.05) is 11.6 Å². The van der Waals surface area contributed by atoms with E-state index in [4.69, 9.17) is 23.2 Å². The summed E-state index contributed by atoms with van der Waals surface area (Å²) in [6, 6.07) is 4.29. The maximum absolute atomic E-state index is 12.3. The van der Waals surface area contributed by atoms with Crippen LogP contribution in [0.3, 0.4) is 0 Å². The van der Waals surface area contributed by atoms with E-state index in [0.29, 0.717) is 17.3 Å². The Kier molecular flexibility index (Phi) is 3.96. The first-order chi connectivity index (χ1) is 8.46. The Morgan fingerprint density at radius 2 is 2.06 bits per heavy atom. The minimum atomic E-state index is -3.64. The highest BCUT2D eigenvalue weighted by Gasteiger charge is 2.35. The first-order valence-electron chi connectivity index (χ1n) is 5.35. The fraction of sp³-hybridized carbons (Fsp3) is 0.364. The molecule has 18 heavy (non-hydrogen) atoms. The molecule has 0 atom stereocenters. The van der Waals surface area contributed by atoms with Crippen LogP contribution in [0.2, 0.25) is 5.02 Å². The highest BCUT2D eigenvalue weighted by molar-refractivity contribution is 7.89. The molecule has 1 aromatic rings. The second kappa shape index (κ2) is 5.17. The van der Waals surface area contributed by atoms with E-state index in [2.05, 4.69) is 0 Å². The molecule has 0 aliphatic carbocycles. The molecule has 0 saturated heterocycles. The number of hydrogen-bond acceptors (Lipinski definition) is 3. The van der Waals surface area contributed by atoms with Crippen LogP contribution in [-0.2, 0) is 10.0 Å². The van der Waals surface area contributed by atoms with E-state index >= 15 is 0 Å². The number of rotatable bonds is 3. The molecule has 7 heteroatoms. The molecule has 0 aromatic heterocycles. The molecule has 98 valence electrons. The molecule has 0 N–H and O–H groups in total. The number of carbonyl (C=O) groups is 1. The Morgan fingerprint density at radius 1 is 1.33 bits per heavy atom. The first-order valence-corrected chi connectivity index (χ1v) is 7.71. The van der Waals surface area contributed by atoms with Crippen molar-refractivity contribution >= 4 is 39.0 Å². The normalized spacial score (nSPS) is 18.7. The molecule has 1 aliphatic heterocycles. The lowest BCUT2D eigenvalue weighted by molar-refractivity contribution is 0.0956. The fourth-order valence-corrected chi connectivity index (χ4v) is 3.87. The van der Waals surface area contributed by atoms with Crippen LogP contribution in [0.4, 0.5) is 0 Å². The Balaban J connectivity index is 2.49. The fourth-order valence-electron chi connectivity index (χ4n) is 1.84. The number of halogens is 2. The maximum atomic E-state index is 12.3. The molecule has 2 rings (SSSR count). The molecule has 0 spiro atoms. The third-order valence-electron chi connectivity index (χ3n) is 2.72. The molecular formula is C11H11Cl2NO3S. The van der Waals surface area contributed by atoms with E-state index in [-0.39, 0.29) is 29.3 Å². The molecule has 1 aliphatic rings. The van der Waals surface area contributed by atoms with Gasteiger partial charge >= 0.3 is 0 Å². The smallest absolute Gasteiger partial charge is 0.244 e. The van der Waals surface area contributed by atoms with Crippen LogP contribution in [0.1, 0.15) is 16.8 Å². The molecule has 0 bridgehead atoms. The predicted molar refractivity (Wildman–Crippen MR) is 69.9 cm³/mol. The zero-order valence-corrected chi connectivity index (χ0v) is 11.7. The lowest BCUT2D eigenvalue weighted by atomic mass is 10.1. The number of fused-ring (bicyclic) bond motifs is 1. The third-order valence-corrected chi connectivity index (χ3v) is 5.11. The topological polar surface area (TPSA) is 54.5 Å². The van der Waals surface area contributed by atoms with Gasteiger partial charge in [0, 0.05) is 23.0 Å². The summed E-state index contributed by atoms with van der Waals surface area (Å²) in [5.41, 5.74) is 0.210.